The molecule has 1 fully saturated rings. The third-order valence-corrected chi connectivity index (χ3v) is 5.89. The zero-order valence-corrected chi connectivity index (χ0v) is 13.2. The lowest BCUT2D eigenvalue weighted by Crippen LogP contribution is -2.63. The van der Waals surface area contributed by atoms with E-state index in [2.05, 4.69) is 0 Å². The van der Waals surface area contributed by atoms with Gasteiger partial charge in [0.05, 0.1) is 18.6 Å². The molecule has 0 saturated heterocycles. The smallest absolute Gasteiger partial charge is 0.231 e. The summed E-state index contributed by atoms with van der Waals surface area (Å²) >= 11 is 0. The lowest BCUT2D eigenvalue weighted by molar-refractivity contribution is -0.907. The maximum Gasteiger partial charge on any atom is 0.231 e. The van der Waals surface area contributed by atoms with Gasteiger partial charge >= 0.3 is 0 Å². The fraction of sp³-hybridized carbons (Fsp3) is 0.529. The number of rotatable bonds is 1. The van der Waals surface area contributed by atoms with Crippen LogP contribution < -0.4 is 9.47 Å². The summed E-state index contributed by atoms with van der Waals surface area (Å²) in [6.07, 6.45) is -0.841. The fourth-order valence-electron chi connectivity index (χ4n) is 4.85. The molecule has 0 spiro atoms. The highest BCUT2D eigenvalue weighted by Crippen LogP contribution is 2.53. The molecule has 0 unspecified atom stereocenters. The highest BCUT2D eigenvalue weighted by molar-refractivity contribution is 5.52. The molecule has 1 aromatic carbocycles. The molecule has 7 heteroatoms. The number of aliphatic hydroxyl groups is 2. The van der Waals surface area contributed by atoms with Gasteiger partial charge in [0.1, 0.15) is 24.8 Å². The van der Waals surface area contributed by atoms with E-state index in [9.17, 15) is 15.4 Å². The molecule has 24 heavy (non-hydrogen) atoms. The number of hydroxylamine groups is 3. The summed E-state index contributed by atoms with van der Waals surface area (Å²) < 4.78 is 15.8. The molecule has 128 valence electrons. The van der Waals surface area contributed by atoms with Crippen molar-refractivity contribution in [2.45, 2.75) is 36.8 Å². The van der Waals surface area contributed by atoms with Gasteiger partial charge in [-0.1, -0.05) is 0 Å². The number of hydrogen-bond donors (Lipinski definition) is 2. The van der Waals surface area contributed by atoms with Crippen LogP contribution in [0.5, 0.6) is 11.5 Å². The fourth-order valence-corrected chi connectivity index (χ4v) is 4.85. The lowest BCUT2D eigenvalue weighted by atomic mass is 9.69. The summed E-state index contributed by atoms with van der Waals surface area (Å²) in [5.41, 5.74) is 2.45. The Kier molecular flexibility index (Phi) is 2.88. The van der Waals surface area contributed by atoms with Crippen LogP contribution in [0.15, 0.2) is 23.8 Å². The summed E-state index contributed by atoms with van der Waals surface area (Å²) in [6.45, 7) is 0.756. The van der Waals surface area contributed by atoms with Crippen LogP contribution in [0.4, 0.5) is 0 Å². The average molecular weight is 333 g/mol. The molecular weight excluding hydrogens is 314 g/mol. The van der Waals surface area contributed by atoms with Crippen LogP contribution >= 0.6 is 0 Å². The number of quaternary nitrogens is 1. The quantitative estimate of drug-likeness (QED) is 0.439. The predicted molar refractivity (Wildman–Crippen MR) is 82.2 cm³/mol. The van der Waals surface area contributed by atoms with Crippen molar-refractivity contribution in [3.63, 3.8) is 0 Å². The van der Waals surface area contributed by atoms with Crippen molar-refractivity contribution in [2.75, 3.05) is 20.4 Å². The Morgan fingerprint density at radius 1 is 1.25 bits per heavy atom. The van der Waals surface area contributed by atoms with Crippen molar-refractivity contribution in [2.24, 2.45) is 0 Å². The van der Waals surface area contributed by atoms with Gasteiger partial charge in [0, 0.05) is 18.2 Å². The first-order chi connectivity index (χ1) is 11.5. The van der Waals surface area contributed by atoms with E-state index in [1.807, 2.05) is 18.2 Å². The van der Waals surface area contributed by atoms with Gasteiger partial charge in [-0.05, 0) is 23.8 Å². The Bertz CT molecular complexity index is 749. The highest BCUT2D eigenvalue weighted by Gasteiger charge is 2.58. The van der Waals surface area contributed by atoms with E-state index < -0.39 is 34.9 Å². The van der Waals surface area contributed by atoms with Crippen LogP contribution in [0, 0.1) is 5.21 Å². The average Bonchev–Trinajstić information content (AvgIpc) is 3.13. The van der Waals surface area contributed by atoms with Crippen molar-refractivity contribution in [1.82, 2.24) is 0 Å². The van der Waals surface area contributed by atoms with Gasteiger partial charge < -0.3 is 34.3 Å². The van der Waals surface area contributed by atoms with Crippen LogP contribution in [0.2, 0.25) is 0 Å². The third kappa shape index (κ3) is 1.68. The van der Waals surface area contributed by atoms with Gasteiger partial charge in [0.25, 0.3) is 0 Å². The molecule has 7 nitrogen and oxygen atoms in total. The van der Waals surface area contributed by atoms with Gasteiger partial charge in [-0.3, -0.25) is 0 Å². The van der Waals surface area contributed by atoms with Crippen molar-refractivity contribution in [3.05, 3.63) is 40.1 Å². The topological polar surface area (TPSA) is 91.2 Å². The largest absolute Gasteiger partial charge is 0.632 e. The molecule has 3 aliphatic heterocycles. The first-order valence-corrected chi connectivity index (χ1v) is 8.12. The summed E-state index contributed by atoms with van der Waals surface area (Å²) in [4.78, 5) is 0. The molecule has 1 aromatic rings. The van der Waals surface area contributed by atoms with Crippen molar-refractivity contribution in [3.8, 4) is 11.5 Å². The minimum Gasteiger partial charge on any atom is -0.632 e. The summed E-state index contributed by atoms with van der Waals surface area (Å²) in [5.74, 6) is 0.845. The van der Waals surface area contributed by atoms with Crippen LogP contribution in [0.3, 0.4) is 0 Å². The summed E-state index contributed by atoms with van der Waals surface area (Å²) in [5, 5.41) is 34.8. The van der Waals surface area contributed by atoms with Crippen molar-refractivity contribution < 1.29 is 29.1 Å². The number of methoxy groups -OCH3 is 1. The van der Waals surface area contributed by atoms with Crippen LogP contribution in [-0.2, 0) is 11.3 Å². The minimum atomic E-state index is -0.962. The van der Waals surface area contributed by atoms with E-state index in [4.69, 9.17) is 14.2 Å². The van der Waals surface area contributed by atoms with Gasteiger partial charge in [-0.2, -0.15) is 0 Å². The number of nitrogens with zero attached hydrogens (tertiary/aromatic N) is 1. The second-order valence-corrected chi connectivity index (χ2v) is 7.01. The van der Waals surface area contributed by atoms with E-state index in [0.29, 0.717) is 30.2 Å². The van der Waals surface area contributed by atoms with Crippen LogP contribution in [0.1, 0.15) is 17.0 Å². The van der Waals surface area contributed by atoms with Gasteiger partial charge in [-0.15, -0.1) is 0 Å². The Morgan fingerprint density at radius 3 is 2.75 bits per heavy atom. The summed E-state index contributed by atoms with van der Waals surface area (Å²) in [7, 11) is 1.47. The van der Waals surface area contributed by atoms with Crippen LogP contribution in [0.25, 0.3) is 0 Å². The minimum absolute atomic E-state index is 0.164. The number of hydrogen-bond acceptors (Lipinski definition) is 6. The van der Waals surface area contributed by atoms with Gasteiger partial charge in [0.15, 0.2) is 11.5 Å². The molecule has 5 rings (SSSR count). The predicted octanol–water partition coefficient (Wildman–Crippen LogP) is 0.386. The zero-order chi connectivity index (χ0) is 16.6. The van der Waals surface area contributed by atoms with Gasteiger partial charge in [-0.25, -0.2) is 0 Å². The normalized spacial score (nSPS) is 41.7. The van der Waals surface area contributed by atoms with Gasteiger partial charge in [0.2, 0.25) is 6.79 Å². The van der Waals surface area contributed by atoms with E-state index in [-0.39, 0.29) is 6.79 Å². The first kappa shape index (κ1) is 14.7. The zero-order valence-electron chi connectivity index (χ0n) is 13.2. The lowest BCUT2D eigenvalue weighted by Gasteiger charge is -2.56. The van der Waals surface area contributed by atoms with Crippen molar-refractivity contribution >= 4 is 0 Å². The second-order valence-electron chi connectivity index (χ2n) is 7.01. The first-order valence-electron chi connectivity index (χ1n) is 8.12. The molecule has 2 N–H and O–H groups in total. The molecule has 4 aliphatic rings. The SMILES string of the molecule is CO[C@@H]1[C@@H](O)[C@H]2c3cc4c(cc3C[N@+]3([O-])CC=C([C@H]1O)[C@H]23)OCO4. The molecule has 6 atom stereocenters. The molecule has 0 radical (unpaired) electrons. The monoisotopic (exact) mass is 333 g/mol. The van der Waals surface area contributed by atoms with E-state index in [1.165, 1.54) is 7.11 Å². The number of benzene rings is 1. The Labute approximate surface area is 138 Å². The standard InChI is InChI=1S/C17H19NO6/c1-22-17-15(19)9-2-3-18(21)6-8-4-11-12(24-7-23-11)5-10(8)13(14(9)18)16(17)20/h2,4-5,13-17,19-20H,3,6-7H2,1H3/t13-,14+,15+,16-,17-,18+/m0/s1. The van der Waals surface area contributed by atoms with Crippen molar-refractivity contribution in [1.29, 1.82) is 0 Å². The highest BCUT2D eigenvalue weighted by atomic mass is 16.7. The number of aliphatic hydroxyl groups excluding tert-OH is 2. The molecule has 3 heterocycles. The Balaban J connectivity index is 1.70. The second kappa shape index (κ2) is 4.71. The Morgan fingerprint density at radius 2 is 2.00 bits per heavy atom. The maximum atomic E-state index is 13.4. The molecule has 0 amide bonds. The molecule has 0 bridgehead atoms. The number of ether oxygens (including phenoxy) is 3. The van der Waals surface area contributed by atoms with E-state index in [1.54, 1.807) is 0 Å². The Hall–Kier alpha value is -1.64. The molecule has 0 aromatic heterocycles. The molecule has 1 saturated carbocycles. The molecule has 1 aliphatic carbocycles. The molecular formula is C17H19NO6. The number of fused-ring (bicyclic) bond motifs is 3. The summed E-state index contributed by atoms with van der Waals surface area (Å²) in [6, 6.07) is 3.24. The van der Waals surface area contributed by atoms with Crippen LogP contribution in [-0.4, -0.2) is 59.7 Å². The van der Waals surface area contributed by atoms with E-state index >= 15 is 0 Å². The van der Waals surface area contributed by atoms with E-state index in [0.717, 1.165) is 11.1 Å². The third-order valence-electron chi connectivity index (χ3n) is 5.89. The maximum absolute atomic E-state index is 13.4.